The van der Waals surface area contributed by atoms with Crippen LogP contribution in [0.3, 0.4) is 0 Å². The van der Waals surface area contributed by atoms with Crippen molar-refractivity contribution < 1.29 is 27.8 Å². The maximum atomic E-state index is 13.3. The molecule has 5 nitrogen and oxygen atoms in total. The molecule has 0 saturated heterocycles. The number of amides is 1. The summed E-state index contributed by atoms with van der Waals surface area (Å²) in [6.45, 7) is 2.82. The number of halogens is 5. The molecule has 0 aromatic heterocycles. The van der Waals surface area contributed by atoms with Gasteiger partial charge in [-0.05, 0) is 31.5 Å². The number of hydrazone groups is 1. The first-order chi connectivity index (χ1) is 11.5. The fraction of sp³-hybridized carbons (Fsp3) is 0.467. The molecular formula is C15H15Cl2F3N2O3. The van der Waals surface area contributed by atoms with Crippen LogP contribution in [-0.4, -0.2) is 39.7 Å². The fourth-order valence-electron chi connectivity index (χ4n) is 2.25. The van der Waals surface area contributed by atoms with Crippen LogP contribution in [0.25, 0.3) is 0 Å². The molecule has 1 N–H and O–H groups in total. The minimum Gasteiger partial charge on any atom is -0.479 e. The summed E-state index contributed by atoms with van der Waals surface area (Å²) in [4.78, 5) is 12.4. The SMILES string of the molecule is CCC1=NN(C(=O)[C@H](C)Oc2ccc(Cl)cc2Cl)[C@@](O)(C(F)(F)F)C1. The average molecular weight is 399 g/mol. The van der Waals surface area contributed by atoms with Gasteiger partial charge in [-0.3, -0.25) is 4.79 Å². The van der Waals surface area contributed by atoms with Gasteiger partial charge in [0.05, 0.1) is 5.02 Å². The van der Waals surface area contributed by atoms with Crippen molar-refractivity contribution in [3.8, 4) is 5.75 Å². The second-order valence-electron chi connectivity index (χ2n) is 5.50. The third kappa shape index (κ3) is 3.86. The van der Waals surface area contributed by atoms with Crippen molar-refractivity contribution >= 4 is 34.8 Å². The van der Waals surface area contributed by atoms with E-state index in [-0.39, 0.29) is 27.9 Å². The standard InChI is InChI=1S/C15H15Cl2F3N2O3/c1-3-10-7-14(24,15(18,19)20)22(21-10)13(23)8(2)25-12-5-4-9(16)6-11(12)17/h4-6,8,24H,3,7H2,1-2H3/t8-,14-/m0/s1. The van der Waals surface area contributed by atoms with Gasteiger partial charge in [0.15, 0.2) is 6.10 Å². The molecule has 138 valence electrons. The van der Waals surface area contributed by atoms with Crippen LogP contribution in [-0.2, 0) is 4.79 Å². The van der Waals surface area contributed by atoms with Gasteiger partial charge >= 0.3 is 6.18 Å². The van der Waals surface area contributed by atoms with Crippen LogP contribution in [0, 0.1) is 0 Å². The lowest BCUT2D eigenvalue weighted by molar-refractivity contribution is -0.303. The van der Waals surface area contributed by atoms with E-state index in [0.717, 1.165) is 0 Å². The van der Waals surface area contributed by atoms with Crippen LogP contribution in [0.5, 0.6) is 5.75 Å². The molecule has 2 rings (SSSR count). The van der Waals surface area contributed by atoms with Crippen LogP contribution in [0.4, 0.5) is 13.2 Å². The molecule has 0 spiro atoms. The summed E-state index contributed by atoms with van der Waals surface area (Å²) in [5.74, 6) is -1.07. The highest BCUT2D eigenvalue weighted by atomic mass is 35.5. The lowest BCUT2D eigenvalue weighted by atomic mass is 10.0. The third-order valence-corrected chi connectivity index (χ3v) is 4.19. The molecule has 0 bridgehead atoms. The summed E-state index contributed by atoms with van der Waals surface area (Å²) < 4.78 is 45.1. The predicted octanol–water partition coefficient (Wildman–Crippen LogP) is 4.01. The highest BCUT2D eigenvalue weighted by molar-refractivity contribution is 6.35. The Morgan fingerprint density at radius 2 is 2.12 bits per heavy atom. The molecule has 0 radical (unpaired) electrons. The Bertz CT molecular complexity index is 712. The molecule has 1 aliphatic heterocycles. The quantitative estimate of drug-likeness (QED) is 0.833. The summed E-state index contributed by atoms with van der Waals surface area (Å²) in [5, 5.41) is 14.1. The Labute approximate surface area is 152 Å². The Morgan fingerprint density at radius 3 is 2.64 bits per heavy atom. The van der Waals surface area contributed by atoms with E-state index in [1.807, 2.05) is 0 Å². The van der Waals surface area contributed by atoms with Crippen LogP contribution in [0.15, 0.2) is 23.3 Å². The number of hydrogen-bond acceptors (Lipinski definition) is 4. The van der Waals surface area contributed by atoms with E-state index in [1.165, 1.54) is 25.1 Å². The monoisotopic (exact) mass is 398 g/mol. The lowest BCUT2D eigenvalue weighted by Crippen LogP contribution is -2.58. The molecule has 0 saturated carbocycles. The molecule has 1 heterocycles. The smallest absolute Gasteiger partial charge is 0.438 e. The number of carbonyl (C=O) groups is 1. The van der Waals surface area contributed by atoms with Crippen molar-refractivity contribution in [2.24, 2.45) is 5.10 Å². The van der Waals surface area contributed by atoms with E-state index < -0.39 is 30.3 Å². The van der Waals surface area contributed by atoms with Gasteiger partial charge in [0, 0.05) is 17.2 Å². The average Bonchev–Trinajstić information content (AvgIpc) is 2.87. The van der Waals surface area contributed by atoms with Crippen LogP contribution >= 0.6 is 23.2 Å². The first-order valence-corrected chi connectivity index (χ1v) is 8.06. The number of benzene rings is 1. The van der Waals surface area contributed by atoms with Crippen LogP contribution in [0.1, 0.15) is 26.7 Å². The zero-order valence-electron chi connectivity index (χ0n) is 13.3. The normalized spacial score (nSPS) is 21.9. The van der Waals surface area contributed by atoms with Gasteiger partial charge in [0.2, 0.25) is 0 Å². The minimum absolute atomic E-state index is 0.0420. The Morgan fingerprint density at radius 1 is 1.48 bits per heavy atom. The topological polar surface area (TPSA) is 62.1 Å². The van der Waals surface area contributed by atoms with E-state index in [2.05, 4.69) is 5.10 Å². The van der Waals surface area contributed by atoms with Gasteiger partial charge in [-0.15, -0.1) is 0 Å². The second kappa shape index (κ2) is 7.01. The van der Waals surface area contributed by atoms with Crippen LogP contribution in [0.2, 0.25) is 10.0 Å². The molecule has 1 amide bonds. The molecule has 0 aliphatic carbocycles. The first-order valence-electron chi connectivity index (χ1n) is 7.31. The highest BCUT2D eigenvalue weighted by Gasteiger charge is 2.63. The molecule has 10 heteroatoms. The van der Waals surface area contributed by atoms with Crippen molar-refractivity contribution in [1.82, 2.24) is 5.01 Å². The molecule has 1 aromatic carbocycles. The molecule has 0 unspecified atom stereocenters. The zero-order valence-corrected chi connectivity index (χ0v) is 14.8. The number of alkyl halides is 3. The van der Waals surface area contributed by atoms with Crippen LogP contribution < -0.4 is 4.74 Å². The number of nitrogens with zero attached hydrogens (tertiary/aromatic N) is 2. The fourth-order valence-corrected chi connectivity index (χ4v) is 2.70. The van der Waals surface area contributed by atoms with Crippen molar-refractivity contribution in [3.05, 3.63) is 28.2 Å². The zero-order chi connectivity index (χ0) is 19.0. The van der Waals surface area contributed by atoms with Gasteiger partial charge in [0.1, 0.15) is 5.75 Å². The van der Waals surface area contributed by atoms with Gasteiger partial charge in [-0.25, -0.2) is 0 Å². The second-order valence-corrected chi connectivity index (χ2v) is 6.34. The largest absolute Gasteiger partial charge is 0.479 e. The maximum Gasteiger partial charge on any atom is 0.438 e. The van der Waals surface area contributed by atoms with Gasteiger partial charge in [0.25, 0.3) is 11.6 Å². The van der Waals surface area contributed by atoms with E-state index in [4.69, 9.17) is 27.9 Å². The van der Waals surface area contributed by atoms with E-state index in [0.29, 0.717) is 5.02 Å². The number of carbonyl (C=O) groups excluding carboxylic acids is 1. The number of rotatable bonds is 4. The van der Waals surface area contributed by atoms with E-state index in [9.17, 15) is 23.1 Å². The van der Waals surface area contributed by atoms with Crippen molar-refractivity contribution in [2.75, 3.05) is 0 Å². The van der Waals surface area contributed by atoms with Gasteiger partial charge < -0.3 is 9.84 Å². The maximum absolute atomic E-state index is 13.3. The third-order valence-electron chi connectivity index (χ3n) is 3.66. The molecule has 1 aromatic rings. The Kier molecular flexibility index (Phi) is 5.56. The number of aliphatic hydroxyl groups is 1. The summed E-state index contributed by atoms with van der Waals surface area (Å²) in [6, 6.07) is 4.20. The summed E-state index contributed by atoms with van der Waals surface area (Å²) >= 11 is 11.7. The Balaban J connectivity index is 2.26. The van der Waals surface area contributed by atoms with E-state index in [1.54, 1.807) is 6.92 Å². The number of ether oxygens (including phenoxy) is 1. The predicted molar refractivity (Wildman–Crippen MR) is 86.7 cm³/mol. The summed E-state index contributed by atoms with van der Waals surface area (Å²) in [5.41, 5.74) is -3.33. The molecule has 2 atom stereocenters. The molecule has 25 heavy (non-hydrogen) atoms. The molecular weight excluding hydrogens is 384 g/mol. The van der Waals surface area contributed by atoms with Gasteiger partial charge in [-0.1, -0.05) is 30.1 Å². The van der Waals surface area contributed by atoms with Crippen molar-refractivity contribution in [1.29, 1.82) is 0 Å². The minimum atomic E-state index is -5.07. The van der Waals surface area contributed by atoms with Crippen molar-refractivity contribution in [3.63, 3.8) is 0 Å². The summed E-state index contributed by atoms with van der Waals surface area (Å²) in [6.07, 6.45) is -7.07. The number of hydrogen-bond donors (Lipinski definition) is 1. The summed E-state index contributed by atoms with van der Waals surface area (Å²) in [7, 11) is 0. The molecule has 1 aliphatic rings. The van der Waals surface area contributed by atoms with E-state index >= 15 is 0 Å². The lowest BCUT2D eigenvalue weighted by Gasteiger charge is -2.33. The first kappa shape index (κ1) is 19.8. The highest BCUT2D eigenvalue weighted by Crippen LogP contribution is 2.41. The van der Waals surface area contributed by atoms with Crippen molar-refractivity contribution in [2.45, 2.75) is 44.7 Å². The molecule has 0 fully saturated rings. The van der Waals surface area contributed by atoms with Gasteiger partial charge in [-0.2, -0.15) is 23.3 Å². The Hall–Kier alpha value is -1.51.